The average molecular weight is 232 g/mol. The number of rotatable bonds is 3. The summed E-state index contributed by atoms with van der Waals surface area (Å²) in [4.78, 5) is 4.29. The minimum atomic E-state index is -0.127. The van der Waals surface area contributed by atoms with Crippen LogP contribution in [0.4, 0.5) is 0 Å². The predicted molar refractivity (Wildman–Crippen MR) is 63.8 cm³/mol. The van der Waals surface area contributed by atoms with E-state index in [-0.39, 0.29) is 5.41 Å². The van der Waals surface area contributed by atoms with Gasteiger partial charge in [-0.25, -0.2) is 0 Å². The Balaban J connectivity index is 1.99. The van der Waals surface area contributed by atoms with Crippen molar-refractivity contribution in [3.63, 3.8) is 0 Å². The Labute approximate surface area is 101 Å². The molecule has 90 valence electrons. The standard InChI is InChI=1S/C13H16N2O2/c1-13(2,3)12-14-11(15-17-12)9-16-10-7-5-4-6-8-10/h4-8H,9H2,1-3H3. The third-order valence-electron chi connectivity index (χ3n) is 2.22. The monoisotopic (exact) mass is 232 g/mol. The van der Waals surface area contributed by atoms with Gasteiger partial charge in [0.15, 0.2) is 6.61 Å². The van der Waals surface area contributed by atoms with E-state index < -0.39 is 0 Å². The first-order chi connectivity index (χ1) is 8.05. The Kier molecular flexibility index (Phi) is 3.13. The van der Waals surface area contributed by atoms with Crippen molar-refractivity contribution in [2.45, 2.75) is 32.8 Å². The molecule has 4 nitrogen and oxygen atoms in total. The van der Waals surface area contributed by atoms with Gasteiger partial charge in [-0.15, -0.1) is 0 Å². The van der Waals surface area contributed by atoms with Crippen molar-refractivity contribution in [1.29, 1.82) is 0 Å². The van der Waals surface area contributed by atoms with E-state index in [4.69, 9.17) is 9.26 Å². The highest BCUT2D eigenvalue weighted by atomic mass is 16.5. The number of ether oxygens (including phenoxy) is 1. The molecule has 1 aromatic heterocycles. The van der Waals surface area contributed by atoms with Crippen LogP contribution in [0.2, 0.25) is 0 Å². The molecule has 0 N–H and O–H groups in total. The lowest BCUT2D eigenvalue weighted by Crippen LogP contribution is -2.11. The summed E-state index contributed by atoms with van der Waals surface area (Å²) < 4.78 is 10.7. The van der Waals surface area contributed by atoms with Gasteiger partial charge in [0.2, 0.25) is 11.7 Å². The van der Waals surface area contributed by atoms with Gasteiger partial charge in [0.1, 0.15) is 5.75 Å². The maximum Gasteiger partial charge on any atom is 0.232 e. The molecule has 0 aliphatic heterocycles. The number of nitrogens with zero attached hydrogens (tertiary/aromatic N) is 2. The molecule has 0 bridgehead atoms. The largest absolute Gasteiger partial charge is 0.485 e. The van der Waals surface area contributed by atoms with Crippen LogP contribution in [0.3, 0.4) is 0 Å². The van der Waals surface area contributed by atoms with Crippen LogP contribution in [-0.4, -0.2) is 10.1 Å². The Bertz CT molecular complexity index is 472. The van der Waals surface area contributed by atoms with E-state index in [0.29, 0.717) is 18.3 Å². The molecule has 1 heterocycles. The second-order valence-electron chi connectivity index (χ2n) is 4.87. The topological polar surface area (TPSA) is 48.2 Å². The van der Waals surface area contributed by atoms with Crippen molar-refractivity contribution < 1.29 is 9.26 Å². The minimum absolute atomic E-state index is 0.127. The summed E-state index contributed by atoms with van der Waals surface area (Å²) in [6.07, 6.45) is 0. The second kappa shape index (κ2) is 4.57. The lowest BCUT2D eigenvalue weighted by atomic mass is 9.97. The van der Waals surface area contributed by atoms with Gasteiger partial charge in [-0.3, -0.25) is 0 Å². The third kappa shape index (κ3) is 3.06. The number of hydrogen-bond acceptors (Lipinski definition) is 4. The number of benzene rings is 1. The summed E-state index contributed by atoms with van der Waals surface area (Å²) in [7, 11) is 0. The van der Waals surface area contributed by atoms with Gasteiger partial charge < -0.3 is 9.26 Å². The molecule has 2 aromatic rings. The zero-order valence-corrected chi connectivity index (χ0v) is 10.3. The zero-order chi connectivity index (χ0) is 12.3. The highest BCUT2D eigenvalue weighted by molar-refractivity contribution is 5.20. The first kappa shape index (κ1) is 11.6. The molecular weight excluding hydrogens is 216 g/mol. The van der Waals surface area contributed by atoms with Gasteiger partial charge in [-0.05, 0) is 12.1 Å². The van der Waals surface area contributed by atoms with Crippen molar-refractivity contribution in [2.24, 2.45) is 0 Å². The SMILES string of the molecule is CC(C)(C)c1nc(COc2ccccc2)no1. The predicted octanol–water partition coefficient (Wildman–Crippen LogP) is 2.95. The van der Waals surface area contributed by atoms with Crippen LogP contribution in [-0.2, 0) is 12.0 Å². The highest BCUT2D eigenvalue weighted by Crippen LogP contribution is 2.20. The molecule has 0 radical (unpaired) electrons. The molecule has 0 atom stereocenters. The van der Waals surface area contributed by atoms with E-state index >= 15 is 0 Å². The molecule has 17 heavy (non-hydrogen) atoms. The fraction of sp³-hybridized carbons (Fsp3) is 0.385. The fourth-order valence-corrected chi connectivity index (χ4v) is 1.28. The summed E-state index contributed by atoms with van der Waals surface area (Å²) in [6.45, 7) is 6.41. The molecule has 0 spiro atoms. The second-order valence-corrected chi connectivity index (χ2v) is 4.87. The molecule has 4 heteroatoms. The maximum absolute atomic E-state index is 5.53. The number of hydrogen-bond donors (Lipinski definition) is 0. The van der Waals surface area contributed by atoms with Gasteiger partial charge in [0.25, 0.3) is 0 Å². The van der Waals surface area contributed by atoms with Crippen LogP contribution in [0.5, 0.6) is 5.75 Å². The van der Waals surface area contributed by atoms with Crippen LogP contribution >= 0.6 is 0 Å². The quantitative estimate of drug-likeness (QED) is 0.816. The van der Waals surface area contributed by atoms with E-state index in [0.717, 1.165) is 5.75 Å². The Morgan fingerprint density at radius 2 is 1.88 bits per heavy atom. The lowest BCUT2D eigenvalue weighted by molar-refractivity contribution is 0.280. The van der Waals surface area contributed by atoms with E-state index in [9.17, 15) is 0 Å². The van der Waals surface area contributed by atoms with Crippen LogP contribution in [0.25, 0.3) is 0 Å². The van der Waals surface area contributed by atoms with Crippen molar-refractivity contribution in [3.05, 3.63) is 42.0 Å². The van der Waals surface area contributed by atoms with Crippen LogP contribution in [0.1, 0.15) is 32.5 Å². The summed E-state index contributed by atoms with van der Waals surface area (Å²) in [5.41, 5.74) is -0.127. The van der Waals surface area contributed by atoms with Gasteiger partial charge in [-0.1, -0.05) is 44.1 Å². The molecule has 0 aliphatic carbocycles. The number of para-hydroxylation sites is 1. The first-order valence-corrected chi connectivity index (χ1v) is 5.56. The molecule has 0 fully saturated rings. The third-order valence-corrected chi connectivity index (χ3v) is 2.22. The summed E-state index contributed by atoms with van der Waals surface area (Å²) in [6, 6.07) is 9.58. The fourth-order valence-electron chi connectivity index (χ4n) is 1.28. The van der Waals surface area contributed by atoms with Crippen molar-refractivity contribution in [3.8, 4) is 5.75 Å². The zero-order valence-electron chi connectivity index (χ0n) is 10.3. The summed E-state index contributed by atoms with van der Waals surface area (Å²) in [5.74, 6) is 2.00. The summed E-state index contributed by atoms with van der Waals surface area (Å²) in [5, 5.41) is 3.89. The van der Waals surface area contributed by atoms with Gasteiger partial charge >= 0.3 is 0 Å². The van der Waals surface area contributed by atoms with Gasteiger partial charge in [0.05, 0.1) is 0 Å². The summed E-state index contributed by atoms with van der Waals surface area (Å²) >= 11 is 0. The number of aromatic nitrogens is 2. The molecule has 0 unspecified atom stereocenters. The Morgan fingerprint density at radius 3 is 2.47 bits per heavy atom. The van der Waals surface area contributed by atoms with Crippen molar-refractivity contribution >= 4 is 0 Å². The molecule has 0 saturated carbocycles. The van der Waals surface area contributed by atoms with E-state index in [1.807, 2.05) is 51.1 Å². The molecular formula is C13H16N2O2. The molecule has 2 rings (SSSR count). The van der Waals surface area contributed by atoms with Crippen molar-refractivity contribution in [2.75, 3.05) is 0 Å². The van der Waals surface area contributed by atoms with E-state index in [1.165, 1.54) is 0 Å². The normalized spacial score (nSPS) is 11.5. The Morgan fingerprint density at radius 1 is 1.18 bits per heavy atom. The van der Waals surface area contributed by atoms with Gasteiger partial charge in [-0.2, -0.15) is 4.98 Å². The Hall–Kier alpha value is -1.84. The van der Waals surface area contributed by atoms with Crippen LogP contribution in [0, 0.1) is 0 Å². The highest BCUT2D eigenvalue weighted by Gasteiger charge is 2.21. The van der Waals surface area contributed by atoms with E-state index in [1.54, 1.807) is 0 Å². The lowest BCUT2D eigenvalue weighted by Gasteiger charge is -2.10. The maximum atomic E-state index is 5.53. The first-order valence-electron chi connectivity index (χ1n) is 5.56. The molecule has 0 aliphatic rings. The van der Waals surface area contributed by atoms with Crippen molar-refractivity contribution in [1.82, 2.24) is 10.1 Å². The van der Waals surface area contributed by atoms with E-state index in [2.05, 4.69) is 10.1 Å². The smallest absolute Gasteiger partial charge is 0.232 e. The molecule has 0 amide bonds. The molecule has 0 saturated heterocycles. The van der Waals surface area contributed by atoms with Crippen LogP contribution < -0.4 is 4.74 Å². The average Bonchev–Trinajstić information content (AvgIpc) is 2.76. The van der Waals surface area contributed by atoms with Gasteiger partial charge in [0, 0.05) is 5.41 Å². The minimum Gasteiger partial charge on any atom is -0.485 e. The van der Waals surface area contributed by atoms with Crippen LogP contribution in [0.15, 0.2) is 34.9 Å². The molecule has 1 aromatic carbocycles.